The minimum atomic E-state index is -1.09. The summed E-state index contributed by atoms with van der Waals surface area (Å²) in [6.45, 7) is 2.16. The van der Waals surface area contributed by atoms with E-state index in [1.54, 1.807) is 22.9 Å². The van der Waals surface area contributed by atoms with Crippen LogP contribution in [0.1, 0.15) is 32.9 Å². The van der Waals surface area contributed by atoms with E-state index >= 15 is 0 Å². The third-order valence-corrected chi connectivity index (χ3v) is 4.17. The highest BCUT2D eigenvalue weighted by Gasteiger charge is 2.23. The van der Waals surface area contributed by atoms with Gasteiger partial charge in [-0.2, -0.15) is 5.10 Å². The number of carbonyl (C=O) groups is 1. The van der Waals surface area contributed by atoms with Gasteiger partial charge >= 0.3 is 5.97 Å². The van der Waals surface area contributed by atoms with Crippen LogP contribution in [-0.2, 0) is 6.54 Å². The number of aromatic carboxylic acids is 1. The van der Waals surface area contributed by atoms with Crippen molar-refractivity contribution in [1.29, 1.82) is 0 Å². The maximum atomic E-state index is 14.3. The topological polar surface area (TPSA) is 67.5 Å². The molecule has 0 radical (unpaired) electrons. The first-order valence-electron chi connectivity index (χ1n) is 7.77. The van der Waals surface area contributed by atoms with Gasteiger partial charge in [0, 0.05) is 11.1 Å². The molecule has 0 spiro atoms. The largest absolute Gasteiger partial charge is 0.476 e. The van der Waals surface area contributed by atoms with Crippen molar-refractivity contribution >= 4 is 11.7 Å². The number of hydrogen-bond donors (Lipinski definition) is 1. The van der Waals surface area contributed by atoms with Crippen LogP contribution in [0.4, 0.5) is 4.39 Å². The predicted octanol–water partition coefficient (Wildman–Crippen LogP) is 3.37. The number of benzene rings is 2. The van der Waals surface area contributed by atoms with E-state index in [0.717, 1.165) is 11.1 Å². The van der Waals surface area contributed by atoms with Crippen molar-refractivity contribution in [3.05, 3.63) is 82.4 Å². The molecule has 2 aromatic carbocycles. The van der Waals surface area contributed by atoms with Crippen LogP contribution in [0.15, 0.2) is 53.5 Å². The fraction of sp³-hybridized carbons (Fsp3) is 0.105. The smallest absolute Gasteiger partial charge is 0.356 e. The number of aryl methyl sites for hydroxylation is 1. The van der Waals surface area contributed by atoms with Crippen LogP contribution in [0.2, 0.25) is 0 Å². The predicted molar refractivity (Wildman–Crippen MR) is 91.0 cm³/mol. The fourth-order valence-electron chi connectivity index (χ4n) is 3.00. The molecule has 2 heterocycles. The quantitative estimate of drug-likeness (QED) is 0.781. The second-order valence-electron chi connectivity index (χ2n) is 5.90. The Balaban J connectivity index is 1.98. The van der Waals surface area contributed by atoms with Gasteiger partial charge in [-0.1, -0.05) is 23.8 Å². The highest BCUT2D eigenvalue weighted by molar-refractivity contribution is 6.15. The van der Waals surface area contributed by atoms with Crippen LogP contribution in [0.5, 0.6) is 0 Å². The summed E-state index contributed by atoms with van der Waals surface area (Å²) in [4.78, 5) is 15.8. The molecule has 1 aliphatic rings. The number of rotatable bonds is 2. The second kappa shape index (κ2) is 5.66. The molecule has 0 saturated carbocycles. The molecular formula is C19H14FN3O2. The molecule has 1 N–H and O–H groups in total. The van der Waals surface area contributed by atoms with Crippen molar-refractivity contribution in [2.75, 3.05) is 0 Å². The van der Waals surface area contributed by atoms with Gasteiger partial charge in [0.2, 0.25) is 0 Å². The van der Waals surface area contributed by atoms with Crippen LogP contribution in [-0.4, -0.2) is 26.6 Å². The zero-order valence-corrected chi connectivity index (χ0v) is 13.4. The van der Waals surface area contributed by atoms with Gasteiger partial charge in [-0.15, -0.1) is 0 Å². The summed E-state index contributed by atoms with van der Waals surface area (Å²) in [5.74, 6) is -1.44. The van der Waals surface area contributed by atoms with Crippen LogP contribution in [0, 0.1) is 12.7 Å². The van der Waals surface area contributed by atoms with Crippen molar-refractivity contribution in [3.8, 4) is 5.69 Å². The summed E-state index contributed by atoms with van der Waals surface area (Å²) >= 11 is 0. The van der Waals surface area contributed by atoms with Crippen molar-refractivity contribution in [2.24, 2.45) is 4.99 Å². The standard InChI is InChI=1S/C19H14FN3O2/c1-11-6-7-17-14(8-11)18(13-4-2-3-5-15(13)20)21-10-12-9-16(19(24)25)22-23(12)17/h2-9H,10H2,1H3,(H,24,25). The molecule has 0 atom stereocenters. The SMILES string of the molecule is Cc1ccc2c(c1)C(c1ccccc1F)=NCc1cc(C(=O)O)nn1-2. The lowest BCUT2D eigenvalue weighted by Gasteiger charge is -2.12. The normalized spacial score (nSPS) is 12.8. The molecule has 0 unspecified atom stereocenters. The Labute approximate surface area is 143 Å². The molecular weight excluding hydrogens is 321 g/mol. The van der Waals surface area contributed by atoms with E-state index in [0.29, 0.717) is 22.7 Å². The van der Waals surface area contributed by atoms with Gasteiger partial charge in [-0.3, -0.25) is 4.99 Å². The summed E-state index contributed by atoms with van der Waals surface area (Å²) in [5.41, 5.74) is 3.98. The Morgan fingerprint density at radius 2 is 1.96 bits per heavy atom. The summed E-state index contributed by atoms with van der Waals surface area (Å²) in [5, 5.41) is 13.4. The first kappa shape index (κ1) is 15.3. The monoisotopic (exact) mass is 335 g/mol. The molecule has 0 aliphatic carbocycles. The number of carboxylic acid groups (broad SMARTS) is 1. The number of carboxylic acids is 1. The minimum absolute atomic E-state index is 0.0360. The summed E-state index contributed by atoms with van der Waals surface area (Å²) in [7, 11) is 0. The number of aromatic nitrogens is 2. The molecule has 0 saturated heterocycles. The number of aliphatic imine (C=N–C) groups is 1. The highest BCUT2D eigenvalue weighted by Crippen LogP contribution is 2.27. The van der Waals surface area contributed by atoms with Gasteiger partial charge in [0.25, 0.3) is 0 Å². The maximum absolute atomic E-state index is 14.3. The molecule has 1 aliphatic heterocycles. The maximum Gasteiger partial charge on any atom is 0.356 e. The zero-order valence-electron chi connectivity index (χ0n) is 13.4. The van der Waals surface area contributed by atoms with Crippen LogP contribution in [0.25, 0.3) is 5.69 Å². The molecule has 5 nitrogen and oxygen atoms in total. The molecule has 1 aromatic heterocycles. The Morgan fingerprint density at radius 1 is 1.16 bits per heavy atom. The summed E-state index contributed by atoms with van der Waals surface area (Å²) < 4.78 is 15.9. The van der Waals surface area contributed by atoms with Crippen molar-refractivity contribution < 1.29 is 14.3 Å². The average Bonchev–Trinajstić information content (AvgIpc) is 2.95. The Kier molecular flexibility index (Phi) is 3.46. The molecule has 25 heavy (non-hydrogen) atoms. The molecule has 124 valence electrons. The molecule has 6 heteroatoms. The third kappa shape index (κ3) is 2.52. The van der Waals surface area contributed by atoms with Crippen molar-refractivity contribution in [1.82, 2.24) is 9.78 Å². The van der Waals surface area contributed by atoms with Crippen molar-refractivity contribution in [2.45, 2.75) is 13.5 Å². The van der Waals surface area contributed by atoms with Gasteiger partial charge in [-0.05, 0) is 37.3 Å². The minimum Gasteiger partial charge on any atom is -0.476 e. The lowest BCUT2D eigenvalue weighted by Crippen LogP contribution is -2.10. The lowest BCUT2D eigenvalue weighted by atomic mass is 9.98. The van der Waals surface area contributed by atoms with Crippen LogP contribution < -0.4 is 0 Å². The van der Waals surface area contributed by atoms with Crippen LogP contribution in [0.3, 0.4) is 0 Å². The first-order valence-corrected chi connectivity index (χ1v) is 7.77. The summed E-state index contributed by atoms with van der Waals surface area (Å²) in [6, 6.07) is 13.7. The van der Waals surface area contributed by atoms with E-state index in [4.69, 9.17) is 0 Å². The Bertz CT molecular complexity index is 1040. The second-order valence-corrected chi connectivity index (χ2v) is 5.90. The average molecular weight is 335 g/mol. The number of hydrogen-bond acceptors (Lipinski definition) is 3. The van der Waals surface area contributed by atoms with E-state index < -0.39 is 5.97 Å². The molecule has 0 amide bonds. The molecule has 0 bridgehead atoms. The molecule has 4 rings (SSSR count). The van der Waals surface area contributed by atoms with E-state index in [1.807, 2.05) is 25.1 Å². The zero-order chi connectivity index (χ0) is 17.6. The third-order valence-electron chi connectivity index (χ3n) is 4.17. The van der Waals surface area contributed by atoms with Gasteiger partial charge in [0.15, 0.2) is 5.69 Å². The Morgan fingerprint density at radius 3 is 2.72 bits per heavy atom. The fourth-order valence-corrected chi connectivity index (χ4v) is 3.00. The van der Waals surface area contributed by atoms with Crippen LogP contribution >= 0.6 is 0 Å². The van der Waals surface area contributed by atoms with Gasteiger partial charge in [0.05, 0.1) is 23.6 Å². The Hall–Kier alpha value is -3.28. The van der Waals surface area contributed by atoms with Crippen molar-refractivity contribution in [3.63, 3.8) is 0 Å². The molecule has 0 fully saturated rings. The molecule has 3 aromatic rings. The number of halogens is 1. The highest BCUT2D eigenvalue weighted by atomic mass is 19.1. The van der Waals surface area contributed by atoms with E-state index in [9.17, 15) is 14.3 Å². The van der Waals surface area contributed by atoms with E-state index in [1.165, 1.54) is 12.1 Å². The van der Waals surface area contributed by atoms with Gasteiger partial charge in [-0.25, -0.2) is 13.9 Å². The van der Waals surface area contributed by atoms with Gasteiger partial charge < -0.3 is 5.11 Å². The number of fused-ring (bicyclic) bond motifs is 3. The van der Waals surface area contributed by atoms with E-state index in [-0.39, 0.29) is 18.1 Å². The number of nitrogens with zero attached hydrogens (tertiary/aromatic N) is 3. The van der Waals surface area contributed by atoms with Gasteiger partial charge in [0.1, 0.15) is 5.82 Å². The first-order chi connectivity index (χ1) is 12.0. The summed E-state index contributed by atoms with van der Waals surface area (Å²) in [6.07, 6.45) is 0. The van der Waals surface area contributed by atoms with E-state index in [2.05, 4.69) is 10.1 Å². The lowest BCUT2D eigenvalue weighted by molar-refractivity contribution is 0.0690.